The van der Waals surface area contributed by atoms with Gasteiger partial charge in [-0.1, -0.05) is 61.7 Å². The summed E-state index contributed by atoms with van der Waals surface area (Å²) in [6.45, 7) is 0.953. The lowest BCUT2D eigenvalue weighted by Crippen LogP contribution is -2.32. The van der Waals surface area contributed by atoms with Gasteiger partial charge in [-0.25, -0.2) is 0 Å². The van der Waals surface area contributed by atoms with E-state index in [-0.39, 0.29) is 0 Å². The maximum absolute atomic E-state index is 5.81. The third-order valence-corrected chi connectivity index (χ3v) is 4.65. The van der Waals surface area contributed by atoms with Crippen molar-refractivity contribution in [1.82, 2.24) is 4.90 Å². The van der Waals surface area contributed by atoms with Gasteiger partial charge in [-0.3, -0.25) is 0 Å². The fourth-order valence-electron chi connectivity index (χ4n) is 3.30. The Labute approximate surface area is 139 Å². The Morgan fingerprint density at radius 1 is 0.913 bits per heavy atom. The minimum atomic E-state index is 0.654. The molecule has 0 radical (unpaired) electrons. The number of benzene rings is 2. The van der Waals surface area contributed by atoms with E-state index in [9.17, 15) is 0 Å². The van der Waals surface area contributed by atoms with Crippen LogP contribution in [0.2, 0.25) is 0 Å². The molecule has 0 saturated heterocycles. The molecule has 1 saturated carbocycles. The largest absolute Gasteiger partial charge is 0.399 e. The number of nitrogen functional groups attached to an aromatic ring is 1. The molecule has 2 N–H and O–H groups in total. The van der Waals surface area contributed by atoms with Crippen molar-refractivity contribution in [3.63, 3.8) is 0 Å². The highest BCUT2D eigenvalue weighted by atomic mass is 15.1. The quantitative estimate of drug-likeness (QED) is 0.781. The number of rotatable bonds is 5. The first-order valence-corrected chi connectivity index (χ1v) is 8.65. The summed E-state index contributed by atoms with van der Waals surface area (Å²) in [6.07, 6.45) is 11.2. The van der Waals surface area contributed by atoms with Crippen LogP contribution in [0, 0.1) is 0 Å². The molecule has 0 unspecified atom stereocenters. The third-order valence-electron chi connectivity index (χ3n) is 4.65. The molecule has 0 heterocycles. The SMILES string of the molecule is Nc1ccc(CN(C=Cc2ccccc2)C2CCCCC2)cc1. The van der Waals surface area contributed by atoms with Crippen molar-refractivity contribution in [1.29, 1.82) is 0 Å². The highest BCUT2D eigenvalue weighted by molar-refractivity contribution is 5.48. The average molecular weight is 306 g/mol. The molecule has 0 bridgehead atoms. The molecule has 0 aromatic heterocycles. The van der Waals surface area contributed by atoms with Gasteiger partial charge in [-0.15, -0.1) is 0 Å². The van der Waals surface area contributed by atoms with Crippen molar-refractivity contribution >= 4 is 11.8 Å². The average Bonchev–Trinajstić information content (AvgIpc) is 2.62. The second-order valence-electron chi connectivity index (χ2n) is 6.43. The van der Waals surface area contributed by atoms with E-state index in [2.05, 4.69) is 59.6 Å². The van der Waals surface area contributed by atoms with Crippen molar-refractivity contribution in [2.24, 2.45) is 0 Å². The van der Waals surface area contributed by atoms with Gasteiger partial charge in [0.05, 0.1) is 0 Å². The number of hydrogen-bond donors (Lipinski definition) is 1. The molecule has 0 aliphatic heterocycles. The van der Waals surface area contributed by atoms with Gasteiger partial charge in [0.2, 0.25) is 0 Å². The van der Waals surface area contributed by atoms with Crippen LogP contribution >= 0.6 is 0 Å². The molecule has 0 amide bonds. The smallest absolute Gasteiger partial charge is 0.0427 e. The number of nitrogens with two attached hydrogens (primary N) is 1. The summed E-state index contributed by atoms with van der Waals surface area (Å²) >= 11 is 0. The highest BCUT2D eigenvalue weighted by Crippen LogP contribution is 2.25. The van der Waals surface area contributed by atoms with Gasteiger partial charge < -0.3 is 10.6 Å². The Hall–Kier alpha value is -2.22. The van der Waals surface area contributed by atoms with E-state index in [1.165, 1.54) is 43.2 Å². The van der Waals surface area contributed by atoms with Crippen molar-refractivity contribution in [2.45, 2.75) is 44.7 Å². The molecule has 23 heavy (non-hydrogen) atoms. The van der Waals surface area contributed by atoms with Crippen molar-refractivity contribution in [3.05, 3.63) is 71.9 Å². The van der Waals surface area contributed by atoms with E-state index < -0.39 is 0 Å². The number of hydrogen-bond acceptors (Lipinski definition) is 2. The first-order chi connectivity index (χ1) is 11.3. The van der Waals surface area contributed by atoms with Gasteiger partial charge >= 0.3 is 0 Å². The van der Waals surface area contributed by atoms with Crippen molar-refractivity contribution < 1.29 is 0 Å². The lowest BCUT2D eigenvalue weighted by Gasteiger charge is -2.33. The molecular formula is C21H26N2. The Kier molecular flexibility index (Phi) is 5.36. The van der Waals surface area contributed by atoms with Gasteiger partial charge in [0.15, 0.2) is 0 Å². The summed E-state index contributed by atoms with van der Waals surface area (Å²) in [5.74, 6) is 0. The van der Waals surface area contributed by atoms with Crippen LogP contribution in [0.1, 0.15) is 43.2 Å². The maximum Gasteiger partial charge on any atom is 0.0427 e. The Morgan fingerprint density at radius 3 is 2.30 bits per heavy atom. The fraction of sp³-hybridized carbons (Fsp3) is 0.333. The Morgan fingerprint density at radius 2 is 1.61 bits per heavy atom. The van der Waals surface area contributed by atoms with E-state index in [1.807, 2.05) is 12.1 Å². The normalized spacial score (nSPS) is 15.8. The van der Waals surface area contributed by atoms with Crippen LogP contribution in [-0.4, -0.2) is 10.9 Å². The standard InChI is InChI=1S/C21H26N2/c22-20-13-11-19(12-14-20)17-23(21-9-5-2-6-10-21)16-15-18-7-3-1-4-8-18/h1,3-4,7-8,11-16,21H,2,5-6,9-10,17,22H2. The van der Waals surface area contributed by atoms with Crippen LogP contribution in [0.5, 0.6) is 0 Å². The van der Waals surface area contributed by atoms with Crippen LogP contribution in [0.3, 0.4) is 0 Å². The molecule has 2 aromatic carbocycles. The molecule has 1 aliphatic rings. The van der Waals surface area contributed by atoms with Crippen molar-refractivity contribution in [3.8, 4) is 0 Å². The lowest BCUT2D eigenvalue weighted by atomic mass is 9.94. The second kappa shape index (κ2) is 7.87. The summed E-state index contributed by atoms with van der Waals surface area (Å²) in [7, 11) is 0. The van der Waals surface area contributed by atoms with E-state index in [4.69, 9.17) is 5.73 Å². The number of anilines is 1. The van der Waals surface area contributed by atoms with Crippen LogP contribution in [0.4, 0.5) is 5.69 Å². The molecule has 1 aliphatic carbocycles. The summed E-state index contributed by atoms with van der Waals surface area (Å²) < 4.78 is 0. The molecule has 0 atom stereocenters. The topological polar surface area (TPSA) is 29.3 Å². The zero-order chi connectivity index (χ0) is 15.9. The summed E-state index contributed by atoms with van der Waals surface area (Å²) in [6, 6.07) is 19.5. The Balaban J connectivity index is 1.75. The predicted octanol–water partition coefficient (Wildman–Crippen LogP) is 5.07. The molecule has 0 spiro atoms. The molecule has 2 aromatic rings. The third kappa shape index (κ3) is 4.62. The lowest BCUT2D eigenvalue weighted by molar-refractivity contribution is 0.212. The van der Waals surface area contributed by atoms with E-state index >= 15 is 0 Å². The zero-order valence-corrected chi connectivity index (χ0v) is 13.7. The van der Waals surface area contributed by atoms with Gasteiger partial charge in [0.25, 0.3) is 0 Å². The maximum atomic E-state index is 5.81. The van der Waals surface area contributed by atoms with Gasteiger partial charge in [-0.05, 0) is 42.2 Å². The molecule has 120 valence electrons. The molecule has 3 rings (SSSR count). The monoisotopic (exact) mass is 306 g/mol. The van der Waals surface area contributed by atoms with Crippen LogP contribution in [0.25, 0.3) is 6.08 Å². The van der Waals surface area contributed by atoms with Gasteiger partial charge in [-0.2, -0.15) is 0 Å². The van der Waals surface area contributed by atoms with Crippen LogP contribution in [-0.2, 0) is 6.54 Å². The zero-order valence-electron chi connectivity index (χ0n) is 13.7. The fourth-order valence-corrected chi connectivity index (χ4v) is 3.30. The molecular weight excluding hydrogens is 280 g/mol. The second-order valence-corrected chi connectivity index (χ2v) is 6.43. The van der Waals surface area contributed by atoms with E-state index in [0.717, 1.165) is 12.2 Å². The summed E-state index contributed by atoms with van der Waals surface area (Å²) in [5.41, 5.74) is 9.22. The molecule has 1 fully saturated rings. The minimum absolute atomic E-state index is 0.654. The summed E-state index contributed by atoms with van der Waals surface area (Å²) in [4.78, 5) is 2.51. The van der Waals surface area contributed by atoms with Crippen molar-refractivity contribution in [2.75, 3.05) is 5.73 Å². The Bertz CT molecular complexity index is 610. The molecule has 2 heteroatoms. The molecule has 2 nitrogen and oxygen atoms in total. The van der Waals surface area contributed by atoms with Gasteiger partial charge in [0.1, 0.15) is 0 Å². The highest BCUT2D eigenvalue weighted by Gasteiger charge is 2.18. The van der Waals surface area contributed by atoms with E-state index in [0.29, 0.717) is 6.04 Å². The predicted molar refractivity (Wildman–Crippen MR) is 98.7 cm³/mol. The van der Waals surface area contributed by atoms with Crippen LogP contribution in [0.15, 0.2) is 60.8 Å². The van der Waals surface area contributed by atoms with Crippen LogP contribution < -0.4 is 5.73 Å². The number of nitrogens with zero attached hydrogens (tertiary/aromatic N) is 1. The minimum Gasteiger partial charge on any atom is -0.399 e. The van der Waals surface area contributed by atoms with E-state index in [1.54, 1.807) is 0 Å². The first kappa shape index (κ1) is 15.7. The van der Waals surface area contributed by atoms with Gasteiger partial charge in [0, 0.05) is 24.5 Å². The first-order valence-electron chi connectivity index (χ1n) is 8.65. The summed E-state index contributed by atoms with van der Waals surface area (Å²) in [5, 5.41) is 0.